The van der Waals surface area contributed by atoms with Gasteiger partial charge >= 0.3 is 0 Å². The van der Waals surface area contributed by atoms with Crippen LogP contribution in [0.4, 0.5) is 0 Å². The maximum absolute atomic E-state index is 4.17. The van der Waals surface area contributed by atoms with Crippen LogP contribution in [0.15, 0.2) is 30.9 Å². The zero-order valence-corrected chi connectivity index (χ0v) is 10.6. The van der Waals surface area contributed by atoms with Crippen LogP contribution < -0.4 is 5.32 Å². The van der Waals surface area contributed by atoms with Crippen molar-refractivity contribution in [3.63, 3.8) is 0 Å². The third-order valence-corrected chi connectivity index (χ3v) is 2.81. The van der Waals surface area contributed by atoms with Crippen molar-refractivity contribution < 1.29 is 0 Å². The second kappa shape index (κ2) is 5.68. The van der Waals surface area contributed by atoms with Gasteiger partial charge in [-0.15, -0.1) is 0 Å². The first-order chi connectivity index (χ1) is 8.28. The van der Waals surface area contributed by atoms with E-state index in [0.29, 0.717) is 0 Å². The van der Waals surface area contributed by atoms with Crippen molar-refractivity contribution >= 4 is 0 Å². The maximum Gasteiger partial charge on any atom is 0.0522 e. The van der Waals surface area contributed by atoms with Gasteiger partial charge in [0.15, 0.2) is 0 Å². The zero-order valence-electron chi connectivity index (χ0n) is 10.6. The van der Waals surface area contributed by atoms with Crippen LogP contribution >= 0.6 is 0 Å². The Hall–Kier alpha value is -1.55. The molecule has 0 bridgehead atoms. The molecule has 0 atom stereocenters. The predicted molar refractivity (Wildman–Crippen MR) is 68.7 cm³/mol. The summed E-state index contributed by atoms with van der Waals surface area (Å²) in [6, 6.07) is 2.17. The standard InChI is InChI=1S/C13H20N4/c1-3-14-8-12-4-6-17(11-12)7-5-13-9-15-16(2)10-13/h4,6,9-11,14H,3,5,7-8H2,1-2H3. The lowest BCUT2D eigenvalue weighted by Crippen LogP contribution is -2.11. The summed E-state index contributed by atoms with van der Waals surface area (Å²) in [6.45, 7) is 5.11. The van der Waals surface area contributed by atoms with Gasteiger partial charge in [-0.3, -0.25) is 4.68 Å². The molecule has 1 N–H and O–H groups in total. The number of hydrogen-bond acceptors (Lipinski definition) is 2. The van der Waals surface area contributed by atoms with E-state index in [2.05, 4.69) is 46.6 Å². The lowest BCUT2D eigenvalue weighted by Gasteiger charge is -2.01. The normalized spacial score (nSPS) is 10.9. The Balaban J connectivity index is 1.84. The van der Waals surface area contributed by atoms with E-state index >= 15 is 0 Å². The molecule has 4 heteroatoms. The van der Waals surface area contributed by atoms with E-state index in [9.17, 15) is 0 Å². The summed E-state index contributed by atoms with van der Waals surface area (Å²) in [5.41, 5.74) is 2.63. The molecule has 4 nitrogen and oxygen atoms in total. The number of rotatable bonds is 6. The van der Waals surface area contributed by atoms with Gasteiger partial charge in [0.05, 0.1) is 6.20 Å². The van der Waals surface area contributed by atoms with Gasteiger partial charge in [0, 0.05) is 38.7 Å². The molecule has 0 radical (unpaired) electrons. The number of nitrogens with zero attached hydrogens (tertiary/aromatic N) is 3. The molecule has 92 valence electrons. The molecule has 0 amide bonds. The molecule has 0 aliphatic heterocycles. The lowest BCUT2D eigenvalue weighted by molar-refractivity contribution is 0.688. The van der Waals surface area contributed by atoms with Crippen molar-refractivity contribution in [3.8, 4) is 0 Å². The minimum atomic E-state index is 0.955. The first kappa shape index (κ1) is 11.9. The summed E-state index contributed by atoms with van der Waals surface area (Å²) >= 11 is 0. The zero-order chi connectivity index (χ0) is 12.1. The van der Waals surface area contributed by atoms with Gasteiger partial charge in [-0.05, 0) is 30.2 Å². The van der Waals surface area contributed by atoms with E-state index < -0.39 is 0 Å². The summed E-state index contributed by atoms with van der Waals surface area (Å²) in [5.74, 6) is 0. The highest BCUT2D eigenvalue weighted by atomic mass is 15.2. The van der Waals surface area contributed by atoms with Crippen molar-refractivity contribution in [2.24, 2.45) is 7.05 Å². The summed E-state index contributed by atoms with van der Waals surface area (Å²) in [7, 11) is 1.95. The molecule has 0 aromatic carbocycles. The summed E-state index contributed by atoms with van der Waals surface area (Å²) in [4.78, 5) is 0. The molecule has 0 saturated heterocycles. The Morgan fingerprint density at radius 3 is 2.88 bits per heavy atom. The SMILES string of the molecule is CCNCc1ccn(CCc2cnn(C)c2)c1. The third-order valence-electron chi connectivity index (χ3n) is 2.81. The smallest absolute Gasteiger partial charge is 0.0522 e. The van der Waals surface area contributed by atoms with Crippen molar-refractivity contribution in [1.29, 1.82) is 0 Å². The molecule has 17 heavy (non-hydrogen) atoms. The average molecular weight is 232 g/mol. The van der Waals surface area contributed by atoms with E-state index in [-0.39, 0.29) is 0 Å². The molecule has 2 heterocycles. The van der Waals surface area contributed by atoms with E-state index in [1.165, 1.54) is 11.1 Å². The summed E-state index contributed by atoms with van der Waals surface area (Å²) in [6.07, 6.45) is 9.39. The highest BCUT2D eigenvalue weighted by molar-refractivity contribution is 5.11. The number of nitrogens with one attached hydrogen (secondary N) is 1. The molecule has 2 aromatic heterocycles. The van der Waals surface area contributed by atoms with Crippen molar-refractivity contribution in [1.82, 2.24) is 19.7 Å². The topological polar surface area (TPSA) is 34.8 Å². The van der Waals surface area contributed by atoms with Gasteiger partial charge in [0.2, 0.25) is 0 Å². The molecule has 0 aliphatic carbocycles. The second-order valence-corrected chi connectivity index (χ2v) is 4.31. The molecule has 0 fully saturated rings. The molecule has 2 aromatic rings. The predicted octanol–water partition coefficient (Wildman–Crippen LogP) is 1.57. The first-order valence-electron chi connectivity index (χ1n) is 6.11. The molecule has 2 rings (SSSR count). The second-order valence-electron chi connectivity index (χ2n) is 4.31. The van der Waals surface area contributed by atoms with Crippen LogP contribution in [0, 0.1) is 0 Å². The van der Waals surface area contributed by atoms with Crippen molar-refractivity contribution in [2.45, 2.75) is 26.4 Å². The van der Waals surface area contributed by atoms with Gasteiger partial charge in [-0.2, -0.15) is 5.10 Å². The molecule has 0 spiro atoms. The van der Waals surface area contributed by atoms with Crippen molar-refractivity contribution in [2.75, 3.05) is 6.54 Å². The highest BCUT2D eigenvalue weighted by Crippen LogP contribution is 2.04. The highest BCUT2D eigenvalue weighted by Gasteiger charge is 1.99. The van der Waals surface area contributed by atoms with E-state index in [1.807, 2.05) is 17.9 Å². The van der Waals surface area contributed by atoms with Crippen LogP contribution in [-0.2, 0) is 26.6 Å². The average Bonchev–Trinajstić information content (AvgIpc) is 2.93. The van der Waals surface area contributed by atoms with E-state index in [1.54, 1.807) is 0 Å². The van der Waals surface area contributed by atoms with Gasteiger partial charge in [0.25, 0.3) is 0 Å². The van der Waals surface area contributed by atoms with Crippen LogP contribution in [0.2, 0.25) is 0 Å². The van der Waals surface area contributed by atoms with Gasteiger partial charge in [-0.1, -0.05) is 6.92 Å². The largest absolute Gasteiger partial charge is 0.354 e. The molecular formula is C13H20N4. The van der Waals surface area contributed by atoms with Crippen molar-refractivity contribution in [3.05, 3.63) is 42.0 Å². The third kappa shape index (κ3) is 3.46. The first-order valence-corrected chi connectivity index (χ1v) is 6.11. The van der Waals surface area contributed by atoms with Gasteiger partial charge < -0.3 is 9.88 Å². The molecular weight excluding hydrogens is 212 g/mol. The maximum atomic E-state index is 4.17. The number of hydrogen-bond donors (Lipinski definition) is 1. The fraction of sp³-hybridized carbons (Fsp3) is 0.462. The van der Waals surface area contributed by atoms with Crippen LogP contribution in [0.5, 0.6) is 0 Å². The molecule has 0 unspecified atom stereocenters. The van der Waals surface area contributed by atoms with Crippen LogP contribution in [-0.4, -0.2) is 20.9 Å². The van der Waals surface area contributed by atoms with E-state index in [0.717, 1.165) is 26.1 Å². The number of aromatic nitrogens is 3. The Bertz CT molecular complexity index is 455. The Morgan fingerprint density at radius 2 is 2.18 bits per heavy atom. The minimum Gasteiger partial charge on any atom is -0.354 e. The van der Waals surface area contributed by atoms with Crippen LogP contribution in [0.1, 0.15) is 18.1 Å². The lowest BCUT2D eigenvalue weighted by atomic mass is 10.2. The summed E-state index contributed by atoms with van der Waals surface area (Å²) in [5, 5.41) is 7.50. The van der Waals surface area contributed by atoms with Gasteiger partial charge in [0.1, 0.15) is 0 Å². The van der Waals surface area contributed by atoms with E-state index in [4.69, 9.17) is 0 Å². The Morgan fingerprint density at radius 1 is 1.29 bits per heavy atom. The monoisotopic (exact) mass is 232 g/mol. The molecule has 0 saturated carbocycles. The Kier molecular flexibility index (Phi) is 3.98. The van der Waals surface area contributed by atoms with Crippen LogP contribution in [0.3, 0.4) is 0 Å². The molecule has 0 aliphatic rings. The fourth-order valence-corrected chi connectivity index (χ4v) is 1.86. The minimum absolute atomic E-state index is 0.955. The van der Waals surface area contributed by atoms with Crippen LogP contribution in [0.25, 0.3) is 0 Å². The Labute approximate surface area is 102 Å². The number of aryl methyl sites for hydroxylation is 3. The fourth-order valence-electron chi connectivity index (χ4n) is 1.86. The van der Waals surface area contributed by atoms with Gasteiger partial charge in [-0.25, -0.2) is 0 Å². The quantitative estimate of drug-likeness (QED) is 0.820. The summed E-state index contributed by atoms with van der Waals surface area (Å²) < 4.78 is 4.08.